The van der Waals surface area contributed by atoms with Gasteiger partial charge in [-0.2, -0.15) is 4.98 Å². The van der Waals surface area contributed by atoms with Gasteiger partial charge in [0.15, 0.2) is 0 Å². The van der Waals surface area contributed by atoms with Gasteiger partial charge < -0.3 is 18.9 Å². The maximum atomic E-state index is 12.5. The predicted octanol–water partition coefficient (Wildman–Crippen LogP) is 2.50. The van der Waals surface area contributed by atoms with Crippen molar-refractivity contribution >= 4 is 5.91 Å². The zero-order valence-corrected chi connectivity index (χ0v) is 15.6. The SMILES string of the molecule is CCOCC(=O)N1CC(c2nc(-c3ccccc3)no2)C2(CCOCC2)C1. The zero-order valence-electron chi connectivity index (χ0n) is 15.6. The fraction of sp³-hybridized carbons (Fsp3) is 0.550. The third-order valence-corrected chi connectivity index (χ3v) is 5.69. The molecule has 0 bridgehead atoms. The number of benzene rings is 1. The molecule has 4 rings (SSSR count). The van der Waals surface area contributed by atoms with Gasteiger partial charge in [0.05, 0.1) is 5.92 Å². The van der Waals surface area contributed by atoms with Gasteiger partial charge in [-0.25, -0.2) is 0 Å². The lowest BCUT2D eigenvalue weighted by molar-refractivity contribution is -0.135. The Morgan fingerprint density at radius 1 is 1.30 bits per heavy atom. The molecule has 2 saturated heterocycles. The number of ether oxygens (including phenoxy) is 2. The van der Waals surface area contributed by atoms with Crippen LogP contribution in [0.5, 0.6) is 0 Å². The molecule has 1 aromatic heterocycles. The van der Waals surface area contributed by atoms with Crippen molar-refractivity contribution in [3.8, 4) is 11.4 Å². The first kappa shape index (κ1) is 18.1. The second-order valence-electron chi connectivity index (χ2n) is 7.26. The number of aromatic nitrogens is 2. The number of carbonyl (C=O) groups excluding carboxylic acids is 1. The van der Waals surface area contributed by atoms with Crippen LogP contribution in [0.4, 0.5) is 0 Å². The first-order chi connectivity index (χ1) is 13.2. The van der Waals surface area contributed by atoms with Crippen molar-refractivity contribution in [3.63, 3.8) is 0 Å². The molecule has 1 spiro atoms. The highest BCUT2D eigenvalue weighted by atomic mass is 16.5. The van der Waals surface area contributed by atoms with Crippen LogP contribution in [-0.2, 0) is 14.3 Å². The maximum Gasteiger partial charge on any atom is 0.248 e. The van der Waals surface area contributed by atoms with Crippen LogP contribution in [0, 0.1) is 5.41 Å². The molecule has 1 amide bonds. The molecule has 1 aromatic carbocycles. The quantitative estimate of drug-likeness (QED) is 0.804. The van der Waals surface area contributed by atoms with Gasteiger partial charge in [0.2, 0.25) is 17.6 Å². The number of amides is 1. The van der Waals surface area contributed by atoms with Crippen LogP contribution in [0.3, 0.4) is 0 Å². The van der Waals surface area contributed by atoms with Gasteiger partial charge in [0, 0.05) is 43.9 Å². The number of rotatable bonds is 5. The summed E-state index contributed by atoms with van der Waals surface area (Å²) in [6, 6.07) is 9.79. The Labute approximate surface area is 158 Å². The van der Waals surface area contributed by atoms with Gasteiger partial charge in [-0.3, -0.25) is 4.79 Å². The second-order valence-corrected chi connectivity index (χ2v) is 7.26. The largest absolute Gasteiger partial charge is 0.381 e. The Hall–Kier alpha value is -2.25. The summed E-state index contributed by atoms with van der Waals surface area (Å²) >= 11 is 0. The minimum absolute atomic E-state index is 0.0213. The van der Waals surface area contributed by atoms with E-state index in [4.69, 9.17) is 14.0 Å². The van der Waals surface area contributed by atoms with Crippen LogP contribution in [0.1, 0.15) is 31.6 Å². The molecule has 2 fully saturated rings. The molecule has 0 aliphatic carbocycles. The maximum absolute atomic E-state index is 12.5. The lowest BCUT2D eigenvalue weighted by Gasteiger charge is -2.36. The Morgan fingerprint density at radius 2 is 2.07 bits per heavy atom. The Morgan fingerprint density at radius 3 is 2.81 bits per heavy atom. The van der Waals surface area contributed by atoms with E-state index in [1.807, 2.05) is 42.2 Å². The lowest BCUT2D eigenvalue weighted by Crippen LogP contribution is -2.38. The van der Waals surface area contributed by atoms with Crippen molar-refractivity contribution in [2.45, 2.75) is 25.7 Å². The van der Waals surface area contributed by atoms with Gasteiger partial charge in [-0.1, -0.05) is 35.5 Å². The van der Waals surface area contributed by atoms with Crippen LogP contribution >= 0.6 is 0 Å². The van der Waals surface area contributed by atoms with Crippen molar-refractivity contribution in [1.82, 2.24) is 15.0 Å². The van der Waals surface area contributed by atoms with Gasteiger partial charge in [0.25, 0.3) is 0 Å². The molecule has 7 nitrogen and oxygen atoms in total. The van der Waals surface area contributed by atoms with Crippen LogP contribution in [-0.4, -0.2) is 60.5 Å². The standard InChI is InChI=1S/C20H25N3O4/c1-2-25-13-17(24)23-12-16(20(14-23)8-10-26-11-9-20)19-21-18(22-27-19)15-6-4-3-5-7-15/h3-7,16H,2,8-14H2,1H3. The smallest absolute Gasteiger partial charge is 0.248 e. The third kappa shape index (κ3) is 3.61. The molecule has 3 heterocycles. The molecule has 2 aliphatic heterocycles. The first-order valence-electron chi connectivity index (χ1n) is 9.54. The fourth-order valence-corrected chi connectivity index (χ4v) is 4.15. The summed E-state index contributed by atoms with van der Waals surface area (Å²) in [6.45, 7) is 5.22. The molecule has 27 heavy (non-hydrogen) atoms. The molecule has 2 aliphatic rings. The molecule has 1 unspecified atom stereocenters. The summed E-state index contributed by atoms with van der Waals surface area (Å²) in [6.07, 6.45) is 1.78. The van der Waals surface area contributed by atoms with Gasteiger partial charge >= 0.3 is 0 Å². The molecular formula is C20H25N3O4. The molecule has 0 radical (unpaired) electrons. The summed E-state index contributed by atoms with van der Waals surface area (Å²) in [5.74, 6) is 1.25. The molecule has 2 aromatic rings. The number of likely N-dealkylation sites (tertiary alicyclic amines) is 1. The molecular weight excluding hydrogens is 346 g/mol. The average molecular weight is 371 g/mol. The molecule has 0 N–H and O–H groups in total. The highest BCUT2D eigenvalue weighted by Crippen LogP contribution is 2.49. The van der Waals surface area contributed by atoms with E-state index in [9.17, 15) is 4.79 Å². The summed E-state index contributed by atoms with van der Waals surface area (Å²) in [7, 11) is 0. The summed E-state index contributed by atoms with van der Waals surface area (Å²) in [5, 5.41) is 4.18. The first-order valence-corrected chi connectivity index (χ1v) is 9.54. The monoisotopic (exact) mass is 371 g/mol. The lowest BCUT2D eigenvalue weighted by atomic mass is 9.72. The van der Waals surface area contributed by atoms with E-state index in [1.54, 1.807) is 0 Å². The molecule has 0 saturated carbocycles. The zero-order chi connectivity index (χ0) is 18.7. The minimum Gasteiger partial charge on any atom is -0.381 e. The number of nitrogens with zero attached hydrogens (tertiary/aromatic N) is 3. The predicted molar refractivity (Wildman–Crippen MR) is 98.0 cm³/mol. The van der Waals surface area contributed by atoms with Crippen molar-refractivity contribution in [3.05, 3.63) is 36.2 Å². The number of hydrogen-bond donors (Lipinski definition) is 0. The van der Waals surface area contributed by atoms with Crippen LogP contribution in [0.25, 0.3) is 11.4 Å². The van der Waals surface area contributed by atoms with E-state index in [-0.39, 0.29) is 23.8 Å². The number of hydrogen-bond acceptors (Lipinski definition) is 6. The fourth-order valence-electron chi connectivity index (χ4n) is 4.15. The third-order valence-electron chi connectivity index (χ3n) is 5.69. The highest BCUT2D eigenvalue weighted by molar-refractivity contribution is 5.78. The summed E-state index contributed by atoms with van der Waals surface area (Å²) in [5.41, 5.74) is 0.858. The van der Waals surface area contributed by atoms with E-state index < -0.39 is 0 Å². The molecule has 1 atom stereocenters. The molecule has 7 heteroatoms. The van der Waals surface area contributed by atoms with E-state index in [2.05, 4.69) is 10.1 Å². The second kappa shape index (κ2) is 7.78. The topological polar surface area (TPSA) is 77.7 Å². The van der Waals surface area contributed by atoms with E-state index in [0.29, 0.717) is 44.6 Å². The minimum atomic E-state index is -0.0688. The van der Waals surface area contributed by atoms with Crippen molar-refractivity contribution in [2.75, 3.05) is 39.5 Å². The van der Waals surface area contributed by atoms with Crippen LogP contribution < -0.4 is 0 Å². The van der Waals surface area contributed by atoms with Gasteiger partial charge in [-0.05, 0) is 19.8 Å². The van der Waals surface area contributed by atoms with Crippen LogP contribution in [0.2, 0.25) is 0 Å². The van der Waals surface area contributed by atoms with Crippen molar-refractivity contribution in [1.29, 1.82) is 0 Å². The summed E-state index contributed by atoms with van der Waals surface area (Å²) in [4.78, 5) is 19.1. The Bertz CT molecular complexity index is 771. The normalized spacial score (nSPS) is 21.7. The van der Waals surface area contributed by atoms with E-state index >= 15 is 0 Å². The Balaban J connectivity index is 1.59. The molecule has 144 valence electrons. The van der Waals surface area contributed by atoms with Crippen molar-refractivity contribution < 1.29 is 18.8 Å². The van der Waals surface area contributed by atoms with E-state index in [1.165, 1.54) is 0 Å². The van der Waals surface area contributed by atoms with Crippen LogP contribution in [0.15, 0.2) is 34.9 Å². The van der Waals surface area contributed by atoms with Gasteiger partial charge in [0.1, 0.15) is 6.61 Å². The highest BCUT2D eigenvalue weighted by Gasteiger charge is 2.51. The number of carbonyl (C=O) groups is 1. The van der Waals surface area contributed by atoms with Gasteiger partial charge in [-0.15, -0.1) is 0 Å². The van der Waals surface area contributed by atoms with Crippen molar-refractivity contribution in [2.24, 2.45) is 5.41 Å². The van der Waals surface area contributed by atoms with E-state index in [0.717, 1.165) is 18.4 Å². The Kier molecular flexibility index (Phi) is 5.22. The average Bonchev–Trinajstić information content (AvgIpc) is 3.33. The summed E-state index contributed by atoms with van der Waals surface area (Å²) < 4.78 is 16.6.